The molecule has 0 aliphatic carbocycles. The third kappa shape index (κ3) is 4.33. The quantitative estimate of drug-likeness (QED) is 0.332. The third-order valence-corrected chi connectivity index (χ3v) is 5.90. The van der Waals surface area contributed by atoms with Gasteiger partial charge < -0.3 is 14.8 Å². The molecule has 0 saturated heterocycles. The van der Waals surface area contributed by atoms with Crippen molar-refractivity contribution < 1.29 is 14.3 Å². The molecular formula is C27H23N3O5. The summed E-state index contributed by atoms with van der Waals surface area (Å²) >= 11 is 0. The van der Waals surface area contributed by atoms with E-state index in [0.29, 0.717) is 34.6 Å². The number of nitrogens with zero attached hydrogens (tertiary/aromatic N) is 2. The van der Waals surface area contributed by atoms with Crippen LogP contribution in [0.15, 0.2) is 89.0 Å². The van der Waals surface area contributed by atoms with Crippen LogP contribution in [0.3, 0.4) is 0 Å². The van der Waals surface area contributed by atoms with Gasteiger partial charge in [-0.2, -0.15) is 0 Å². The van der Waals surface area contributed by atoms with Gasteiger partial charge in [-0.1, -0.05) is 36.4 Å². The smallest absolute Gasteiger partial charge is 0.317 e. The highest BCUT2D eigenvalue weighted by Crippen LogP contribution is 2.32. The SMILES string of the molecule is C=CCn1c(=O)c(=O)n(Cc2ccc(C(=O)NCc3ccc4c(c3)OCO4)cc2)c2ccccc21. The van der Waals surface area contributed by atoms with Crippen molar-refractivity contribution in [3.63, 3.8) is 0 Å². The monoisotopic (exact) mass is 469 g/mol. The van der Waals surface area contributed by atoms with E-state index in [4.69, 9.17) is 9.47 Å². The number of rotatable bonds is 7. The van der Waals surface area contributed by atoms with Gasteiger partial charge in [-0.3, -0.25) is 23.5 Å². The fourth-order valence-electron chi connectivity index (χ4n) is 4.12. The van der Waals surface area contributed by atoms with E-state index in [1.807, 2.05) is 42.5 Å². The van der Waals surface area contributed by atoms with Gasteiger partial charge in [-0.25, -0.2) is 0 Å². The molecule has 8 nitrogen and oxygen atoms in total. The number of carbonyl (C=O) groups excluding carboxylic acids is 1. The topological polar surface area (TPSA) is 91.6 Å². The molecule has 176 valence electrons. The van der Waals surface area contributed by atoms with Gasteiger partial charge in [0.2, 0.25) is 6.79 Å². The van der Waals surface area contributed by atoms with Crippen LogP contribution in [0.1, 0.15) is 21.5 Å². The van der Waals surface area contributed by atoms with Gasteiger partial charge in [0.05, 0.1) is 17.6 Å². The predicted molar refractivity (Wildman–Crippen MR) is 132 cm³/mol. The molecule has 1 amide bonds. The lowest BCUT2D eigenvalue weighted by Crippen LogP contribution is -2.41. The number of nitrogens with one attached hydrogen (secondary N) is 1. The molecule has 0 saturated carbocycles. The Morgan fingerprint density at radius 2 is 1.54 bits per heavy atom. The number of amides is 1. The molecule has 1 aliphatic heterocycles. The molecule has 0 bridgehead atoms. The Bertz CT molecular complexity index is 1550. The van der Waals surface area contributed by atoms with Gasteiger partial charge in [-0.15, -0.1) is 6.58 Å². The summed E-state index contributed by atoms with van der Waals surface area (Å²) in [6.07, 6.45) is 1.59. The summed E-state index contributed by atoms with van der Waals surface area (Å²) in [5, 5.41) is 2.89. The average molecular weight is 469 g/mol. The van der Waals surface area contributed by atoms with Gasteiger partial charge in [0.1, 0.15) is 0 Å². The Balaban J connectivity index is 1.33. The number of hydrogen-bond acceptors (Lipinski definition) is 5. The van der Waals surface area contributed by atoms with E-state index in [9.17, 15) is 14.4 Å². The maximum atomic E-state index is 12.9. The van der Waals surface area contributed by atoms with E-state index in [0.717, 1.165) is 11.1 Å². The molecule has 1 aromatic heterocycles. The minimum absolute atomic E-state index is 0.202. The minimum atomic E-state index is -0.601. The van der Waals surface area contributed by atoms with E-state index in [1.54, 1.807) is 30.3 Å². The highest BCUT2D eigenvalue weighted by Gasteiger charge is 2.15. The largest absolute Gasteiger partial charge is 0.454 e. The number of hydrogen-bond donors (Lipinski definition) is 1. The molecule has 0 radical (unpaired) electrons. The number of para-hydroxylation sites is 2. The zero-order valence-electron chi connectivity index (χ0n) is 18.9. The van der Waals surface area contributed by atoms with Gasteiger partial charge in [0, 0.05) is 18.7 Å². The van der Waals surface area contributed by atoms with Crippen LogP contribution >= 0.6 is 0 Å². The first-order chi connectivity index (χ1) is 17.0. The maximum Gasteiger partial charge on any atom is 0.317 e. The molecule has 1 N–H and O–H groups in total. The van der Waals surface area contributed by atoms with Crippen LogP contribution in [0.5, 0.6) is 11.5 Å². The summed E-state index contributed by atoms with van der Waals surface area (Å²) in [6, 6.07) is 19.8. The van der Waals surface area contributed by atoms with Gasteiger partial charge >= 0.3 is 11.1 Å². The number of carbonyl (C=O) groups is 1. The Kier molecular flexibility index (Phi) is 5.93. The fourth-order valence-corrected chi connectivity index (χ4v) is 4.12. The Morgan fingerprint density at radius 3 is 2.29 bits per heavy atom. The Morgan fingerprint density at radius 1 is 0.886 bits per heavy atom. The number of fused-ring (bicyclic) bond motifs is 2. The van der Waals surface area contributed by atoms with Gasteiger partial charge in [0.25, 0.3) is 5.91 Å². The summed E-state index contributed by atoms with van der Waals surface area (Å²) in [6.45, 7) is 4.69. The summed E-state index contributed by atoms with van der Waals surface area (Å²) in [7, 11) is 0. The lowest BCUT2D eigenvalue weighted by Gasteiger charge is -2.14. The van der Waals surface area contributed by atoms with Gasteiger partial charge in [0.15, 0.2) is 11.5 Å². The lowest BCUT2D eigenvalue weighted by atomic mass is 10.1. The molecular weight excluding hydrogens is 446 g/mol. The Hall–Kier alpha value is -4.59. The standard InChI is InChI=1S/C27H23N3O5/c1-2-13-29-21-5-3-4-6-22(21)30(27(33)26(29)32)16-18-7-10-20(11-8-18)25(31)28-15-19-9-12-23-24(14-19)35-17-34-23/h2-12,14H,1,13,15-17H2,(H,28,31). The second kappa shape index (κ2) is 9.34. The van der Waals surface area contributed by atoms with Crippen molar-refractivity contribution in [1.82, 2.24) is 14.5 Å². The van der Waals surface area contributed by atoms with E-state index >= 15 is 0 Å². The number of benzene rings is 3. The third-order valence-electron chi connectivity index (χ3n) is 5.90. The first-order valence-corrected chi connectivity index (χ1v) is 11.1. The van der Waals surface area contributed by atoms with Crippen LogP contribution in [-0.2, 0) is 19.6 Å². The molecule has 0 atom stereocenters. The molecule has 3 aromatic carbocycles. The molecule has 1 aliphatic rings. The average Bonchev–Trinajstić information content (AvgIpc) is 3.36. The predicted octanol–water partition coefficient (Wildman–Crippen LogP) is 3.06. The van der Waals surface area contributed by atoms with Crippen LogP contribution in [0.4, 0.5) is 0 Å². The maximum absolute atomic E-state index is 12.9. The van der Waals surface area contributed by atoms with Gasteiger partial charge in [-0.05, 0) is 47.5 Å². The summed E-state index contributed by atoms with van der Waals surface area (Å²) < 4.78 is 13.6. The number of ether oxygens (including phenoxy) is 2. The lowest BCUT2D eigenvalue weighted by molar-refractivity contribution is 0.0951. The van der Waals surface area contributed by atoms with Crippen molar-refractivity contribution in [2.75, 3.05) is 6.79 Å². The first kappa shape index (κ1) is 22.2. The van der Waals surface area contributed by atoms with Crippen molar-refractivity contribution in [3.05, 3.63) is 117 Å². The second-order valence-electron chi connectivity index (χ2n) is 8.15. The number of aromatic nitrogens is 2. The molecule has 35 heavy (non-hydrogen) atoms. The van der Waals surface area contributed by atoms with Crippen LogP contribution in [0, 0.1) is 0 Å². The molecule has 0 spiro atoms. The van der Waals surface area contributed by atoms with Crippen molar-refractivity contribution >= 4 is 16.9 Å². The first-order valence-electron chi connectivity index (χ1n) is 11.1. The van der Waals surface area contributed by atoms with Crippen LogP contribution in [0.25, 0.3) is 11.0 Å². The normalized spacial score (nSPS) is 12.0. The highest BCUT2D eigenvalue weighted by molar-refractivity contribution is 5.94. The zero-order chi connectivity index (χ0) is 24.4. The van der Waals surface area contributed by atoms with E-state index in [1.165, 1.54) is 9.13 Å². The van der Waals surface area contributed by atoms with Crippen molar-refractivity contribution in [1.29, 1.82) is 0 Å². The number of allylic oxidation sites excluding steroid dienone is 1. The second-order valence-corrected chi connectivity index (χ2v) is 8.15. The Labute approximate surface area is 200 Å². The molecule has 2 heterocycles. The van der Waals surface area contributed by atoms with Crippen molar-refractivity contribution in [2.24, 2.45) is 0 Å². The summed E-state index contributed by atoms with van der Waals surface area (Å²) in [5.74, 6) is 1.14. The molecule has 5 rings (SSSR count). The summed E-state index contributed by atoms with van der Waals surface area (Å²) in [4.78, 5) is 38.2. The van der Waals surface area contributed by atoms with Crippen LogP contribution in [0.2, 0.25) is 0 Å². The van der Waals surface area contributed by atoms with Crippen molar-refractivity contribution in [2.45, 2.75) is 19.6 Å². The van der Waals surface area contributed by atoms with Crippen LogP contribution in [-0.4, -0.2) is 21.8 Å². The molecule has 0 fully saturated rings. The van der Waals surface area contributed by atoms with E-state index in [-0.39, 0.29) is 25.8 Å². The van der Waals surface area contributed by atoms with E-state index < -0.39 is 11.1 Å². The zero-order valence-corrected chi connectivity index (χ0v) is 18.9. The minimum Gasteiger partial charge on any atom is -0.454 e. The molecule has 4 aromatic rings. The van der Waals surface area contributed by atoms with E-state index in [2.05, 4.69) is 11.9 Å². The van der Waals surface area contributed by atoms with Crippen LogP contribution < -0.4 is 25.9 Å². The molecule has 0 unspecified atom stereocenters. The summed E-state index contributed by atoms with van der Waals surface area (Å²) in [5.41, 5.74) is 2.32. The van der Waals surface area contributed by atoms with Crippen molar-refractivity contribution in [3.8, 4) is 11.5 Å². The fraction of sp³-hybridized carbons (Fsp3) is 0.148. The highest BCUT2D eigenvalue weighted by atomic mass is 16.7. The molecule has 8 heteroatoms.